The highest BCUT2D eigenvalue weighted by atomic mass is 35.5. The number of carboxylic acid groups (broad SMARTS) is 1. The van der Waals surface area contributed by atoms with E-state index < -0.39 is 12.0 Å². The molecule has 0 atom stereocenters. The van der Waals surface area contributed by atoms with Gasteiger partial charge in [0, 0.05) is 31.0 Å². The van der Waals surface area contributed by atoms with Crippen LogP contribution in [0.2, 0.25) is 5.02 Å². The number of halogens is 1. The lowest BCUT2D eigenvalue weighted by atomic mass is 10.2. The first kappa shape index (κ1) is 27.5. The Morgan fingerprint density at radius 3 is 2.59 bits per heavy atom. The summed E-state index contributed by atoms with van der Waals surface area (Å²) >= 11 is 6.42. The van der Waals surface area contributed by atoms with E-state index in [1.807, 2.05) is 13.8 Å². The van der Waals surface area contributed by atoms with E-state index in [1.54, 1.807) is 36.4 Å². The van der Waals surface area contributed by atoms with Crippen LogP contribution in [0.1, 0.15) is 31.3 Å². The van der Waals surface area contributed by atoms with Gasteiger partial charge in [0.25, 0.3) is 0 Å². The first-order chi connectivity index (χ1) is 18.8. The van der Waals surface area contributed by atoms with Gasteiger partial charge in [0.15, 0.2) is 11.5 Å². The Bertz CT molecular complexity index is 1510. The summed E-state index contributed by atoms with van der Waals surface area (Å²) in [6.07, 6.45) is 2.34. The molecule has 0 fully saturated rings. The largest absolute Gasteiger partial charge is 0.493 e. The van der Waals surface area contributed by atoms with Crippen LogP contribution < -0.4 is 24.8 Å². The molecule has 2 aromatic heterocycles. The Labute approximate surface area is 229 Å². The van der Waals surface area contributed by atoms with Crippen LogP contribution in [0.4, 0.5) is 16.2 Å². The number of aryl methyl sites for hydroxylation is 2. The quantitative estimate of drug-likeness (QED) is 0.178. The van der Waals surface area contributed by atoms with E-state index in [2.05, 4.69) is 20.6 Å². The van der Waals surface area contributed by atoms with Crippen molar-refractivity contribution in [2.24, 2.45) is 0 Å². The normalized spacial score (nSPS) is 10.8. The Kier molecular flexibility index (Phi) is 8.72. The molecule has 0 radical (unpaired) electrons. The molecule has 0 bridgehead atoms. The number of hydrogen-bond donors (Lipinski definition) is 3. The number of aliphatic carboxylic acids is 1. The maximum Gasteiger partial charge on any atom is 0.323 e. The van der Waals surface area contributed by atoms with Gasteiger partial charge in [0.05, 0.1) is 41.0 Å². The van der Waals surface area contributed by atoms with Crippen LogP contribution in [0.5, 0.6) is 23.1 Å². The van der Waals surface area contributed by atoms with Crippen LogP contribution in [0.15, 0.2) is 47.1 Å². The van der Waals surface area contributed by atoms with Gasteiger partial charge in [-0.05, 0) is 31.5 Å². The summed E-state index contributed by atoms with van der Waals surface area (Å²) in [4.78, 5) is 31.8. The van der Waals surface area contributed by atoms with Gasteiger partial charge in [-0.1, -0.05) is 18.5 Å². The van der Waals surface area contributed by atoms with Crippen molar-refractivity contribution < 1.29 is 33.3 Å². The molecular weight excluding hydrogens is 528 g/mol. The second kappa shape index (κ2) is 12.4. The van der Waals surface area contributed by atoms with E-state index in [-0.39, 0.29) is 23.9 Å². The van der Waals surface area contributed by atoms with Gasteiger partial charge in [0.1, 0.15) is 23.6 Å². The first-order valence-electron chi connectivity index (χ1n) is 12.1. The number of carbonyl (C=O) groups is 2. The number of furan rings is 1. The van der Waals surface area contributed by atoms with Crippen LogP contribution in [0.3, 0.4) is 0 Å². The number of benzene rings is 2. The smallest absolute Gasteiger partial charge is 0.323 e. The van der Waals surface area contributed by atoms with Gasteiger partial charge in [-0.25, -0.2) is 14.8 Å². The molecule has 12 heteroatoms. The third kappa shape index (κ3) is 6.88. The van der Waals surface area contributed by atoms with E-state index in [0.717, 1.165) is 0 Å². The Morgan fingerprint density at radius 2 is 1.87 bits per heavy atom. The van der Waals surface area contributed by atoms with E-state index >= 15 is 0 Å². The number of methoxy groups -OCH3 is 1. The third-order valence-corrected chi connectivity index (χ3v) is 5.89. The second-order valence-electron chi connectivity index (χ2n) is 8.42. The molecule has 0 aliphatic rings. The molecule has 2 aromatic carbocycles. The molecule has 0 saturated carbocycles. The zero-order valence-corrected chi connectivity index (χ0v) is 22.3. The van der Waals surface area contributed by atoms with Crippen LogP contribution in [-0.4, -0.2) is 40.8 Å². The monoisotopic (exact) mass is 554 g/mol. The van der Waals surface area contributed by atoms with Crippen molar-refractivity contribution in [3.63, 3.8) is 0 Å². The molecule has 2 heterocycles. The molecule has 0 aliphatic carbocycles. The Balaban J connectivity index is 1.48. The standard InChI is InChI=1S/C27H27ClN4O7/c1-4-22-21(10-15(2)38-22)32-27(35)31-19-8-7-16(11-18(19)28)39-26-17-12-23(36-3)24(13-20(17)29-14-30-26)37-9-5-6-25(33)34/h7-8,10-14H,4-6,9H2,1-3H3,(H,33,34)(H2,31,32,35). The van der Waals surface area contributed by atoms with Gasteiger partial charge >= 0.3 is 12.0 Å². The summed E-state index contributed by atoms with van der Waals surface area (Å²) in [6.45, 7) is 3.96. The van der Waals surface area contributed by atoms with E-state index in [0.29, 0.717) is 63.9 Å². The Hall–Kier alpha value is -4.51. The van der Waals surface area contributed by atoms with Crippen molar-refractivity contribution in [3.8, 4) is 23.1 Å². The number of aromatic nitrogens is 2. The number of nitrogens with zero attached hydrogens (tertiary/aromatic N) is 2. The summed E-state index contributed by atoms with van der Waals surface area (Å²) in [7, 11) is 1.49. The summed E-state index contributed by atoms with van der Waals surface area (Å²) in [6, 6.07) is 9.47. The fourth-order valence-electron chi connectivity index (χ4n) is 3.78. The molecule has 39 heavy (non-hydrogen) atoms. The first-order valence-corrected chi connectivity index (χ1v) is 12.5. The summed E-state index contributed by atoms with van der Waals surface area (Å²) in [5, 5.41) is 15.1. The maximum absolute atomic E-state index is 12.5. The minimum Gasteiger partial charge on any atom is -0.493 e. The highest BCUT2D eigenvalue weighted by Gasteiger charge is 2.15. The lowest BCUT2D eigenvalue weighted by molar-refractivity contribution is -0.137. The number of carboxylic acids is 1. The van der Waals surface area contributed by atoms with Crippen LogP contribution in [0, 0.1) is 6.92 Å². The topological polar surface area (TPSA) is 145 Å². The highest BCUT2D eigenvalue weighted by molar-refractivity contribution is 6.34. The zero-order valence-electron chi connectivity index (χ0n) is 21.5. The molecule has 0 aliphatic heterocycles. The summed E-state index contributed by atoms with van der Waals surface area (Å²) in [5.74, 6) is 1.98. The number of carbonyl (C=O) groups excluding carboxylic acids is 1. The number of anilines is 2. The van der Waals surface area contributed by atoms with E-state index in [4.69, 9.17) is 35.3 Å². The minimum absolute atomic E-state index is 0.00146. The van der Waals surface area contributed by atoms with Gasteiger partial charge in [-0.15, -0.1) is 0 Å². The van der Waals surface area contributed by atoms with Crippen LogP contribution in [-0.2, 0) is 11.2 Å². The van der Waals surface area contributed by atoms with E-state index in [9.17, 15) is 9.59 Å². The molecule has 11 nitrogen and oxygen atoms in total. The van der Waals surface area contributed by atoms with Crippen molar-refractivity contribution in [1.29, 1.82) is 0 Å². The van der Waals surface area contributed by atoms with E-state index in [1.165, 1.54) is 13.4 Å². The number of hydrogen-bond acceptors (Lipinski definition) is 8. The summed E-state index contributed by atoms with van der Waals surface area (Å²) < 4.78 is 22.7. The number of rotatable bonds is 11. The number of urea groups is 1. The third-order valence-electron chi connectivity index (χ3n) is 5.58. The predicted molar refractivity (Wildman–Crippen MR) is 145 cm³/mol. The molecule has 3 N–H and O–H groups in total. The molecule has 0 spiro atoms. The lowest BCUT2D eigenvalue weighted by Gasteiger charge is -2.14. The molecule has 0 saturated heterocycles. The molecule has 204 valence electrons. The minimum atomic E-state index is -0.888. The molecule has 4 aromatic rings. The van der Waals surface area contributed by atoms with Crippen LogP contribution >= 0.6 is 11.6 Å². The second-order valence-corrected chi connectivity index (χ2v) is 8.82. The van der Waals surface area contributed by atoms with Gasteiger partial charge in [-0.2, -0.15) is 0 Å². The predicted octanol–water partition coefficient (Wildman–Crippen LogP) is 6.44. The lowest BCUT2D eigenvalue weighted by Crippen LogP contribution is -2.19. The zero-order chi connectivity index (χ0) is 27.9. The average Bonchev–Trinajstić information content (AvgIpc) is 3.26. The van der Waals surface area contributed by atoms with Crippen molar-refractivity contribution in [2.75, 3.05) is 24.4 Å². The molecule has 0 unspecified atom stereocenters. The van der Waals surface area contributed by atoms with Gasteiger partial charge < -0.3 is 34.4 Å². The number of nitrogens with one attached hydrogen (secondary N) is 2. The van der Waals surface area contributed by atoms with Crippen molar-refractivity contribution in [3.05, 3.63) is 59.3 Å². The fourth-order valence-corrected chi connectivity index (χ4v) is 4.00. The highest BCUT2D eigenvalue weighted by Crippen LogP contribution is 2.37. The number of amides is 2. The molecule has 2 amide bonds. The van der Waals surface area contributed by atoms with Crippen LogP contribution in [0.25, 0.3) is 10.9 Å². The number of ether oxygens (including phenoxy) is 3. The van der Waals surface area contributed by atoms with Crippen molar-refractivity contribution in [1.82, 2.24) is 9.97 Å². The SMILES string of the molecule is CCc1oc(C)cc1NC(=O)Nc1ccc(Oc2ncnc3cc(OCCCC(=O)O)c(OC)cc23)cc1Cl. The van der Waals surface area contributed by atoms with Crippen molar-refractivity contribution >= 4 is 45.9 Å². The maximum atomic E-state index is 12.5. The van der Waals surface area contributed by atoms with Crippen molar-refractivity contribution in [2.45, 2.75) is 33.1 Å². The summed E-state index contributed by atoms with van der Waals surface area (Å²) in [5.41, 5.74) is 1.53. The van der Waals surface area contributed by atoms with Gasteiger partial charge in [0.2, 0.25) is 5.88 Å². The van der Waals surface area contributed by atoms with Gasteiger partial charge in [-0.3, -0.25) is 4.79 Å². The molecular formula is C27H27ClN4O7. The average molecular weight is 555 g/mol. The Morgan fingerprint density at radius 1 is 1.08 bits per heavy atom. The molecule has 4 rings (SSSR count). The number of fused-ring (bicyclic) bond motifs is 1. The fraction of sp³-hybridized carbons (Fsp3) is 0.259.